The average Bonchev–Trinajstić information content (AvgIpc) is 2.79. The van der Waals surface area contributed by atoms with Crippen molar-refractivity contribution in [1.29, 1.82) is 0 Å². The molecule has 3 aromatic rings. The zero-order chi connectivity index (χ0) is 25.5. The van der Waals surface area contributed by atoms with Crippen molar-refractivity contribution in [3.05, 3.63) is 79.0 Å². The molecule has 0 saturated heterocycles. The monoisotopic (exact) mass is 520 g/mol. The molecule has 0 aliphatic carbocycles. The number of hydrogen-bond acceptors (Lipinski definition) is 7. The second-order valence-corrected chi connectivity index (χ2v) is 8.70. The van der Waals surface area contributed by atoms with Crippen molar-refractivity contribution < 1.29 is 14.3 Å². The third kappa shape index (κ3) is 7.10. The number of carbonyl (C=O) groups excluding carboxylic acids is 1. The summed E-state index contributed by atoms with van der Waals surface area (Å²) in [6.45, 7) is 5.61. The Kier molecular flexibility index (Phi) is 8.95. The molecule has 35 heavy (non-hydrogen) atoms. The van der Waals surface area contributed by atoms with Gasteiger partial charge in [0.25, 0.3) is 0 Å². The topological polar surface area (TPSA) is 104 Å². The molecule has 0 spiro atoms. The van der Waals surface area contributed by atoms with Gasteiger partial charge in [-0.15, -0.1) is 0 Å². The van der Waals surface area contributed by atoms with Crippen LogP contribution in [-0.4, -0.2) is 32.8 Å². The predicted octanol–water partition coefficient (Wildman–Crippen LogP) is 4.24. The average molecular weight is 521 g/mol. The maximum absolute atomic E-state index is 13.3. The lowest BCUT2D eigenvalue weighted by Crippen LogP contribution is -2.43. The molecular formula is C24H26Cl2N4O5. The van der Waals surface area contributed by atoms with E-state index in [0.717, 1.165) is 10.1 Å². The fraction of sp³-hybridized carbons (Fsp3) is 0.333. The molecule has 1 aromatic heterocycles. The van der Waals surface area contributed by atoms with Gasteiger partial charge in [0.05, 0.1) is 30.7 Å². The lowest BCUT2D eigenvalue weighted by Gasteiger charge is -2.17. The number of nitrogens with one attached hydrogen (secondary N) is 1. The fourth-order valence-corrected chi connectivity index (χ4v) is 3.58. The van der Waals surface area contributed by atoms with Gasteiger partial charge < -0.3 is 14.8 Å². The van der Waals surface area contributed by atoms with Gasteiger partial charge in [-0.2, -0.15) is 4.98 Å². The normalized spacial score (nSPS) is 10.9. The van der Waals surface area contributed by atoms with E-state index in [9.17, 15) is 14.4 Å². The second kappa shape index (κ2) is 11.9. The van der Waals surface area contributed by atoms with Crippen LogP contribution < -0.4 is 21.4 Å². The summed E-state index contributed by atoms with van der Waals surface area (Å²) in [5.74, 6) is 0.0210. The van der Waals surface area contributed by atoms with Gasteiger partial charge in [0, 0.05) is 17.3 Å². The molecule has 0 fully saturated rings. The number of halogens is 2. The molecule has 9 nitrogen and oxygen atoms in total. The molecule has 11 heteroatoms. The summed E-state index contributed by atoms with van der Waals surface area (Å²) in [6, 6.07) is 11.9. The molecule has 0 amide bonds. The summed E-state index contributed by atoms with van der Waals surface area (Å²) >= 11 is 12.3. The van der Waals surface area contributed by atoms with E-state index in [-0.39, 0.29) is 38.2 Å². The first-order valence-electron chi connectivity index (χ1n) is 11.0. The van der Waals surface area contributed by atoms with Crippen LogP contribution in [0.2, 0.25) is 10.0 Å². The van der Waals surface area contributed by atoms with E-state index in [1.807, 2.05) is 13.8 Å². The molecule has 0 aliphatic rings. The number of rotatable bonds is 10. The van der Waals surface area contributed by atoms with E-state index in [1.165, 1.54) is 4.57 Å². The van der Waals surface area contributed by atoms with Crippen LogP contribution in [0.5, 0.6) is 5.75 Å². The summed E-state index contributed by atoms with van der Waals surface area (Å²) in [6.07, 6.45) is -0.189. The van der Waals surface area contributed by atoms with Gasteiger partial charge in [-0.3, -0.25) is 9.36 Å². The Morgan fingerprint density at radius 3 is 2.43 bits per heavy atom. The highest BCUT2D eigenvalue weighted by Crippen LogP contribution is 2.29. The Bertz CT molecular complexity index is 1300. The van der Waals surface area contributed by atoms with Gasteiger partial charge in [0.15, 0.2) is 0 Å². The highest BCUT2D eigenvalue weighted by Gasteiger charge is 2.16. The van der Waals surface area contributed by atoms with Gasteiger partial charge in [-0.05, 0) is 56.7 Å². The number of nitrogens with zero attached hydrogens (tertiary/aromatic N) is 3. The maximum atomic E-state index is 13.3. The number of aromatic nitrogens is 3. The predicted molar refractivity (Wildman–Crippen MR) is 135 cm³/mol. The first kappa shape index (κ1) is 26.3. The zero-order valence-electron chi connectivity index (χ0n) is 19.6. The van der Waals surface area contributed by atoms with Crippen LogP contribution in [0.3, 0.4) is 0 Å². The Morgan fingerprint density at radius 2 is 1.80 bits per heavy atom. The molecule has 0 unspecified atom stereocenters. The minimum atomic E-state index is -0.792. The van der Waals surface area contributed by atoms with Crippen molar-refractivity contribution in [3.63, 3.8) is 0 Å². The summed E-state index contributed by atoms with van der Waals surface area (Å²) < 4.78 is 12.8. The highest BCUT2D eigenvalue weighted by atomic mass is 35.5. The molecule has 1 heterocycles. The van der Waals surface area contributed by atoms with Crippen molar-refractivity contribution in [2.75, 3.05) is 11.9 Å². The van der Waals surface area contributed by atoms with Crippen molar-refractivity contribution in [2.24, 2.45) is 0 Å². The smallest absolute Gasteiger partial charge is 0.354 e. The van der Waals surface area contributed by atoms with E-state index in [0.29, 0.717) is 21.5 Å². The van der Waals surface area contributed by atoms with E-state index in [2.05, 4.69) is 10.3 Å². The van der Waals surface area contributed by atoms with Gasteiger partial charge in [-0.25, -0.2) is 14.2 Å². The van der Waals surface area contributed by atoms with Crippen LogP contribution in [-0.2, 0) is 22.6 Å². The third-order valence-electron chi connectivity index (χ3n) is 4.80. The van der Waals surface area contributed by atoms with Crippen LogP contribution in [0, 0.1) is 0 Å². The Balaban J connectivity index is 1.99. The second-order valence-electron chi connectivity index (χ2n) is 7.86. The number of anilines is 2. The molecule has 0 aliphatic heterocycles. The molecule has 1 N–H and O–H groups in total. The number of hydrogen-bond donors (Lipinski definition) is 1. The van der Waals surface area contributed by atoms with Crippen molar-refractivity contribution in [1.82, 2.24) is 14.1 Å². The van der Waals surface area contributed by atoms with Gasteiger partial charge in [0.1, 0.15) is 5.75 Å². The van der Waals surface area contributed by atoms with Gasteiger partial charge >= 0.3 is 17.3 Å². The molecule has 0 radical (unpaired) electrons. The van der Waals surface area contributed by atoms with E-state index >= 15 is 0 Å². The van der Waals surface area contributed by atoms with Gasteiger partial charge in [0.2, 0.25) is 5.95 Å². The minimum Gasteiger partial charge on any atom is -0.489 e. The molecule has 3 rings (SSSR count). The van der Waals surface area contributed by atoms with Crippen molar-refractivity contribution in [2.45, 2.75) is 46.4 Å². The van der Waals surface area contributed by atoms with Crippen LogP contribution in [0.4, 0.5) is 11.6 Å². The summed E-state index contributed by atoms with van der Waals surface area (Å²) in [7, 11) is 0. The van der Waals surface area contributed by atoms with E-state index in [1.54, 1.807) is 49.4 Å². The van der Waals surface area contributed by atoms with Gasteiger partial charge in [-0.1, -0.05) is 35.3 Å². The number of carbonyl (C=O) groups is 1. The molecular weight excluding hydrogens is 495 g/mol. The quantitative estimate of drug-likeness (QED) is 0.398. The number of ether oxygens (including phenoxy) is 2. The summed E-state index contributed by atoms with van der Waals surface area (Å²) in [5, 5.41) is 3.91. The molecule has 0 saturated carbocycles. The zero-order valence-corrected chi connectivity index (χ0v) is 21.1. The maximum Gasteiger partial charge on any atom is 0.354 e. The Morgan fingerprint density at radius 1 is 1.09 bits per heavy atom. The Labute approximate surface area is 212 Å². The summed E-state index contributed by atoms with van der Waals surface area (Å²) in [4.78, 5) is 41.8. The number of esters is 1. The Hall–Kier alpha value is -3.30. The van der Waals surface area contributed by atoms with Crippen molar-refractivity contribution in [3.8, 4) is 5.75 Å². The minimum absolute atomic E-state index is 0.0240. The fourth-order valence-electron chi connectivity index (χ4n) is 3.22. The largest absolute Gasteiger partial charge is 0.489 e. The first-order chi connectivity index (χ1) is 16.7. The number of benzene rings is 2. The standard InChI is InChI=1S/C24H26Cl2N4O5/c1-4-34-21(31)11-12-29-23(32)28-22(27-18-9-10-20(19(26)13-18)35-15(2)3)30(24(29)33)14-16-5-7-17(25)8-6-16/h5-10,13,15H,4,11-12,14H2,1-3H3,(H,27,28,32). The molecule has 0 atom stereocenters. The molecule has 2 aromatic carbocycles. The van der Waals surface area contributed by atoms with Crippen LogP contribution in [0.1, 0.15) is 32.8 Å². The van der Waals surface area contributed by atoms with E-state index in [4.69, 9.17) is 32.7 Å². The first-order valence-corrected chi connectivity index (χ1v) is 11.8. The highest BCUT2D eigenvalue weighted by molar-refractivity contribution is 6.32. The lowest BCUT2D eigenvalue weighted by molar-refractivity contribution is -0.143. The van der Waals surface area contributed by atoms with Crippen molar-refractivity contribution >= 4 is 40.8 Å². The lowest BCUT2D eigenvalue weighted by atomic mass is 10.2. The third-order valence-corrected chi connectivity index (χ3v) is 5.35. The van der Waals surface area contributed by atoms with Crippen LogP contribution in [0.25, 0.3) is 0 Å². The van der Waals surface area contributed by atoms with Crippen LogP contribution in [0.15, 0.2) is 52.1 Å². The summed E-state index contributed by atoms with van der Waals surface area (Å²) in [5.41, 5.74) is -0.153. The molecule has 0 bridgehead atoms. The van der Waals surface area contributed by atoms with E-state index < -0.39 is 17.3 Å². The van der Waals surface area contributed by atoms with Crippen LogP contribution >= 0.6 is 23.2 Å². The molecule has 186 valence electrons. The SMILES string of the molecule is CCOC(=O)CCn1c(=O)nc(Nc2ccc(OC(C)C)c(Cl)c2)n(Cc2ccc(Cl)cc2)c1=O.